The Labute approximate surface area is 103 Å². The molecule has 0 amide bonds. The number of nitrogens with zero attached hydrogens (tertiary/aromatic N) is 1. The molecule has 0 aromatic rings. The topological polar surface area (TPSA) is 38.4 Å². The third-order valence-electron chi connectivity index (χ3n) is 4.43. The lowest BCUT2D eigenvalue weighted by Crippen LogP contribution is -2.33. The summed E-state index contributed by atoms with van der Waals surface area (Å²) in [5.74, 6) is 1.15. The molecule has 2 rings (SSSR count). The summed E-state index contributed by atoms with van der Waals surface area (Å²) < 4.78 is 13.7. The van der Waals surface area contributed by atoms with Gasteiger partial charge in [0.2, 0.25) is 0 Å². The summed E-state index contributed by atoms with van der Waals surface area (Å²) in [6.07, 6.45) is 8.17. The molecule has 0 radical (unpaired) electrons. The van der Waals surface area contributed by atoms with Gasteiger partial charge in [-0.15, -0.1) is 0 Å². The minimum Gasteiger partial charge on any atom is -0.398 e. The lowest BCUT2D eigenvalue weighted by atomic mass is 9.73. The normalized spacial score (nSPS) is 39.8. The predicted molar refractivity (Wildman–Crippen MR) is 69.8 cm³/mol. The van der Waals surface area contributed by atoms with Crippen molar-refractivity contribution in [3.8, 4) is 0 Å². The van der Waals surface area contributed by atoms with Crippen LogP contribution in [-0.4, -0.2) is 17.9 Å². The molecule has 0 spiro atoms. The minimum atomic E-state index is -0.934. The molecule has 0 bridgehead atoms. The zero-order valence-corrected chi connectivity index (χ0v) is 10.8. The van der Waals surface area contributed by atoms with Gasteiger partial charge in [-0.1, -0.05) is 13.0 Å². The first kappa shape index (κ1) is 12.6. The summed E-state index contributed by atoms with van der Waals surface area (Å²) >= 11 is 0. The first-order chi connectivity index (χ1) is 7.98. The molecule has 2 N–H and O–H groups in total. The van der Waals surface area contributed by atoms with Crippen LogP contribution in [0.1, 0.15) is 46.0 Å². The molecule has 2 aliphatic rings. The van der Waals surface area contributed by atoms with E-state index in [2.05, 4.69) is 18.0 Å². The summed E-state index contributed by atoms with van der Waals surface area (Å²) in [7, 11) is 0. The van der Waals surface area contributed by atoms with Crippen LogP contribution in [0.15, 0.2) is 16.8 Å². The van der Waals surface area contributed by atoms with Crippen LogP contribution in [0.25, 0.3) is 0 Å². The van der Waals surface area contributed by atoms with Gasteiger partial charge in [0.05, 0.1) is 6.04 Å². The number of hydrogen-bond acceptors (Lipinski definition) is 2. The van der Waals surface area contributed by atoms with Gasteiger partial charge in [-0.25, -0.2) is 4.39 Å². The Morgan fingerprint density at radius 2 is 2.12 bits per heavy atom. The second-order valence-electron chi connectivity index (χ2n) is 5.90. The SMILES string of the molecule is CC(C1CCC(C)(F)CC1)C1CC=C(N)C=N1. The van der Waals surface area contributed by atoms with Crippen LogP contribution >= 0.6 is 0 Å². The van der Waals surface area contributed by atoms with Gasteiger partial charge in [0.25, 0.3) is 0 Å². The summed E-state index contributed by atoms with van der Waals surface area (Å²) in [6.45, 7) is 3.99. The number of rotatable bonds is 2. The van der Waals surface area contributed by atoms with Crippen LogP contribution in [0.4, 0.5) is 4.39 Å². The third-order valence-corrected chi connectivity index (χ3v) is 4.43. The molecular formula is C14H23FN2. The molecule has 2 atom stereocenters. The fourth-order valence-corrected chi connectivity index (χ4v) is 2.98. The molecule has 3 heteroatoms. The first-order valence-corrected chi connectivity index (χ1v) is 6.66. The quantitative estimate of drug-likeness (QED) is 0.788. The summed E-state index contributed by atoms with van der Waals surface area (Å²) in [6, 6.07) is 0.344. The highest BCUT2D eigenvalue weighted by molar-refractivity contribution is 5.78. The van der Waals surface area contributed by atoms with Gasteiger partial charge in [-0.3, -0.25) is 4.99 Å². The molecule has 17 heavy (non-hydrogen) atoms. The van der Waals surface area contributed by atoms with Gasteiger partial charge in [0.1, 0.15) is 5.67 Å². The average molecular weight is 238 g/mol. The molecule has 0 aromatic heterocycles. The number of nitrogens with two attached hydrogens (primary N) is 1. The van der Waals surface area contributed by atoms with E-state index in [1.54, 1.807) is 13.1 Å². The van der Waals surface area contributed by atoms with E-state index in [0.717, 1.165) is 25.0 Å². The average Bonchev–Trinajstić information content (AvgIpc) is 2.29. The Hall–Kier alpha value is -0.860. The molecule has 1 heterocycles. The van der Waals surface area contributed by atoms with Crippen molar-refractivity contribution in [2.75, 3.05) is 0 Å². The lowest BCUT2D eigenvalue weighted by molar-refractivity contribution is 0.0815. The van der Waals surface area contributed by atoms with Gasteiger partial charge >= 0.3 is 0 Å². The fraction of sp³-hybridized carbons (Fsp3) is 0.786. The number of alkyl halides is 1. The van der Waals surface area contributed by atoms with Gasteiger partial charge in [0, 0.05) is 11.9 Å². The van der Waals surface area contributed by atoms with Crippen molar-refractivity contribution in [3.63, 3.8) is 0 Å². The molecule has 1 fully saturated rings. The highest BCUT2D eigenvalue weighted by Crippen LogP contribution is 2.39. The van der Waals surface area contributed by atoms with Crippen molar-refractivity contribution in [3.05, 3.63) is 11.8 Å². The van der Waals surface area contributed by atoms with Gasteiger partial charge < -0.3 is 5.73 Å². The monoisotopic (exact) mass is 238 g/mol. The van der Waals surface area contributed by atoms with E-state index >= 15 is 0 Å². The molecule has 2 nitrogen and oxygen atoms in total. The van der Waals surface area contributed by atoms with Crippen molar-refractivity contribution >= 4 is 6.21 Å². The van der Waals surface area contributed by atoms with Crippen LogP contribution in [0.2, 0.25) is 0 Å². The van der Waals surface area contributed by atoms with Crippen LogP contribution in [0.3, 0.4) is 0 Å². The van der Waals surface area contributed by atoms with Crippen molar-refractivity contribution in [2.24, 2.45) is 22.6 Å². The van der Waals surface area contributed by atoms with Gasteiger partial charge in [-0.05, 0) is 50.9 Å². The van der Waals surface area contributed by atoms with Crippen LogP contribution in [0.5, 0.6) is 0 Å². The number of halogens is 1. The molecule has 96 valence electrons. The Bertz CT molecular complexity index is 323. The minimum absolute atomic E-state index is 0.344. The Morgan fingerprint density at radius 3 is 2.65 bits per heavy atom. The second-order valence-corrected chi connectivity index (χ2v) is 5.90. The number of dihydropyridines is 1. The summed E-state index contributed by atoms with van der Waals surface area (Å²) in [4.78, 5) is 4.51. The molecule has 0 saturated heterocycles. The van der Waals surface area contributed by atoms with Crippen LogP contribution in [-0.2, 0) is 0 Å². The largest absolute Gasteiger partial charge is 0.398 e. The number of allylic oxidation sites excluding steroid dienone is 1. The highest BCUT2D eigenvalue weighted by Gasteiger charge is 2.35. The molecule has 1 aliphatic heterocycles. The maximum Gasteiger partial charge on any atom is 0.108 e. The van der Waals surface area contributed by atoms with E-state index in [-0.39, 0.29) is 0 Å². The third kappa shape index (κ3) is 3.08. The van der Waals surface area contributed by atoms with E-state index in [0.29, 0.717) is 30.7 Å². The zero-order chi connectivity index (χ0) is 12.5. The first-order valence-electron chi connectivity index (χ1n) is 6.66. The highest BCUT2D eigenvalue weighted by atomic mass is 19.1. The summed E-state index contributed by atoms with van der Waals surface area (Å²) in [5.41, 5.74) is 5.51. The molecule has 2 unspecified atom stereocenters. The van der Waals surface area contributed by atoms with Crippen molar-refractivity contribution in [1.82, 2.24) is 0 Å². The van der Waals surface area contributed by atoms with Crippen molar-refractivity contribution in [1.29, 1.82) is 0 Å². The molecule has 0 aromatic carbocycles. The van der Waals surface area contributed by atoms with E-state index in [9.17, 15) is 4.39 Å². The van der Waals surface area contributed by atoms with E-state index in [1.165, 1.54) is 0 Å². The lowest BCUT2D eigenvalue weighted by Gasteiger charge is -2.36. The van der Waals surface area contributed by atoms with Crippen molar-refractivity contribution in [2.45, 2.75) is 57.7 Å². The van der Waals surface area contributed by atoms with E-state index < -0.39 is 5.67 Å². The Balaban J connectivity index is 1.89. The number of aliphatic imine (C=N–C) groups is 1. The van der Waals surface area contributed by atoms with E-state index in [1.807, 2.05) is 0 Å². The maximum atomic E-state index is 13.7. The van der Waals surface area contributed by atoms with Gasteiger partial charge in [0.15, 0.2) is 0 Å². The second kappa shape index (κ2) is 4.79. The van der Waals surface area contributed by atoms with E-state index in [4.69, 9.17) is 5.73 Å². The maximum absolute atomic E-state index is 13.7. The molecular weight excluding hydrogens is 215 g/mol. The molecule has 1 aliphatic carbocycles. The Morgan fingerprint density at radius 1 is 1.47 bits per heavy atom. The fourth-order valence-electron chi connectivity index (χ4n) is 2.98. The Kier molecular flexibility index (Phi) is 3.55. The smallest absolute Gasteiger partial charge is 0.108 e. The number of hydrogen-bond donors (Lipinski definition) is 1. The predicted octanol–water partition coefficient (Wildman–Crippen LogP) is 3.23. The standard InChI is InChI=1S/C14H23FN2/c1-10(13-4-3-12(16)9-17-13)11-5-7-14(2,15)8-6-11/h3,9-11,13H,4-8,16H2,1-2H3. The van der Waals surface area contributed by atoms with Crippen LogP contribution < -0.4 is 5.73 Å². The van der Waals surface area contributed by atoms with Crippen molar-refractivity contribution < 1.29 is 4.39 Å². The zero-order valence-electron chi connectivity index (χ0n) is 10.8. The molecule has 1 saturated carbocycles. The van der Waals surface area contributed by atoms with Crippen LogP contribution in [0, 0.1) is 11.8 Å². The van der Waals surface area contributed by atoms with Gasteiger partial charge in [-0.2, -0.15) is 0 Å². The summed E-state index contributed by atoms with van der Waals surface area (Å²) in [5, 5.41) is 0.